The summed E-state index contributed by atoms with van der Waals surface area (Å²) in [5, 5.41) is 6.96. The van der Waals surface area contributed by atoms with E-state index in [1.54, 1.807) is 0 Å². The Bertz CT molecular complexity index is 99.7. The van der Waals surface area contributed by atoms with Crippen molar-refractivity contribution in [2.24, 2.45) is 0 Å². The third-order valence-corrected chi connectivity index (χ3v) is 1.97. The zero-order valence-corrected chi connectivity index (χ0v) is 7.69. The third kappa shape index (κ3) is 4.38. The third-order valence-electron chi connectivity index (χ3n) is 1.97. The van der Waals surface area contributed by atoms with Crippen LogP contribution in [0.2, 0.25) is 0 Å². The van der Waals surface area contributed by atoms with Gasteiger partial charge in [-0.05, 0) is 32.7 Å². The van der Waals surface area contributed by atoms with Crippen molar-refractivity contribution >= 4 is 0 Å². The van der Waals surface area contributed by atoms with E-state index in [-0.39, 0.29) is 0 Å². The van der Waals surface area contributed by atoms with Crippen molar-refractivity contribution in [3.05, 3.63) is 0 Å². The number of rotatable bonds is 6. The van der Waals surface area contributed by atoms with Gasteiger partial charge in [-0.2, -0.15) is 0 Å². The van der Waals surface area contributed by atoms with Gasteiger partial charge in [0.1, 0.15) is 0 Å². The van der Waals surface area contributed by atoms with Gasteiger partial charge >= 0.3 is 0 Å². The highest BCUT2D eigenvalue weighted by Crippen LogP contribution is 2.18. The van der Waals surface area contributed by atoms with E-state index >= 15 is 0 Å². The van der Waals surface area contributed by atoms with Crippen molar-refractivity contribution in [3.63, 3.8) is 0 Å². The van der Waals surface area contributed by atoms with Crippen molar-refractivity contribution in [1.29, 1.82) is 0 Å². The molecule has 1 aliphatic rings. The van der Waals surface area contributed by atoms with Crippen molar-refractivity contribution in [3.8, 4) is 0 Å². The highest BCUT2D eigenvalue weighted by Gasteiger charge is 2.22. The fraction of sp³-hybridized carbons (Fsp3) is 1.00. The SMILES string of the molecule is CCCNCC(C)NC1CC1. The van der Waals surface area contributed by atoms with Gasteiger partial charge in [0.15, 0.2) is 0 Å². The van der Waals surface area contributed by atoms with Crippen molar-refractivity contribution in [2.75, 3.05) is 13.1 Å². The molecule has 1 unspecified atom stereocenters. The second-order valence-electron chi connectivity index (χ2n) is 3.55. The van der Waals surface area contributed by atoms with E-state index in [4.69, 9.17) is 0 Å². The van der Waals surface area contributed by atoms with Crippen molar-refractivity contribution in [1.82, 2.24) is 10.6 Å². The summed E-state index contributed by atoms with van der Waals surface area (Å²) in [4.78, 5) is 0. The fourth-order valence-electron chi connectivity index (χ4n) is 1.21. The molecule has 2 heteroatoms. The first-order valence-corrected chi connectivity index (χ1v) is 4.79. The summed E-state index contributed by atoms with van der Waals surface area (Å²) in [5.41, 5.74) is 0. The molecular formula is C9H20N2. The van der Waals surface area contributed by atoms with Gasteiger partial charge in [-0.25, -0.2) is 0 Å². The van der Waals surface area contributed by atoms with Gasteiger partial charge in [0.25, 0.3) is 0 Å². The monoisotopic (exact) mass is 156 g/mol. The molecule has 0 heterocycles. The van der Waals surface area contributed by atoms with Crippen LogP contribution in [-0.2, 0) is 0 Å². The Labute approximate surface area is 69.8 Å². The van der Waals surface area contributed by atoms with Crippen LogP contribution in [0.4, 0.5) is 0 Å². The summed E-state index contributed by atoms with van der Waals surface area (Å²) < 4.78 is 0. The Hall–Kier alpha value is -0.0800. The maximum atomic E-state index is 3.55. The number of hydrogen-bond acceptors (Lipinski definition) is 2. The van der Waals surface area contributed by atoms with Crippen LogP contribution in [0, 0.1) is 0 Å². The Morgan fingerprint density at radius 1 is 1.45 bits per heavy atom. The summed E-state index contributed by atoms with van der Waals surface area (Å²) in [6.45, 7) is 6.72. The van der Waals surface area contributed by atoms with E-state index in [0.717, 1.165) is 19.1 Å². The molecule has 1 saturated carbocycles. The minimum absolute atomic E-state index is 0.647. The van der Waals surface area contributed by atoms with E-state index in [9.17, 15) is 0 Å². The Morgan fingerprint density at radius 3 is 2.73 bits per heavy atom. The lowest BCUT2D eigenvalue weighted by molar-refractivity contribution is 0.499. The highest BCUT2D eigenvalue weighted by atomic mass is 15.0. The zero-order chi connectivity index (χ0) is 8.10. The van der Waals surface area contributed by atoms with Gasteiger partial charge in [0, 0.05) is 18.6 Å². The van der Waals surface area contributed by atoms with Gasteiger partial charge in [0.2, 0.25) is 0 Å². The van der Waals surface area contributed by atoms with Crippen LogP contribution < -0.4 is 10.6 Å². The van der Waals surface area contributed by atoms with Crippen LogP contribution in [0.25, 0.3) is 0 Å². The first-order chi connectivity index (χ1) is 5.33. The Morgan fingerprint density at radius 2 is 2.18 bits per heavy atom. The minimum Gasteiger partial charge on any atom is -0.315 e. The van der Waals surface area contributed by atoms with E-state index in [0.29, 0.717) is 6.04 Å². The maximum Gasteiger partial charge on any atom is 0.0166 e. The molecule has 1 atom stereocenters. The van der Waals surface area contributed by atoms with Gasteiger partial charge in [-0.15, -0.1) is 0 Å². The molecule has 0 aromatic carbocycles. The fourth-order valence-corrected chi connectivity index (χ4v) is 1.21. The molecular weight excluding hydrogens is 136 g/mol. The predicted octanol–water partition coefficient (Wildman–Crippen LogP) is 1.13. The van der Waals surface area contributed by atoms with Crippen LogP contribution in [0.5, 0.6) is 0 Å². The quantitative estimate of drug-likeness (QED) is 0.563. The summed E-state index contributed by atoms with van der Waals surface area (Å²) in [7, 11) is 0. The molecule has 1 rings (SSSR count). The molecule has 0 aromatic heterocycles. The van der Waals surface area contributed by atoms with Crippen LogP contribution in [0.1, 0.15) is 33.1 Å². The van der Waals surface area contributed by atoms with E-state index < -0.39 is 0 Å². The maximum absolute atomic E-state index is 3.55. The molecule has 0 radical (unpaired) electrons. The zero-order valence-electron chi connectivity index (χ0n) is 7.69. The molecule has 1 fully saturated rings. The van der Waals surface area contributed by atoms with Gasteiger partial charge < -0.3 is 10.6 Å². The normalized spacial score (nSPS) is 20.2. The molecule has 0 spiro atoms. The number of nitrogens with one attached hydrogen (secondary N) is 2. The standard InChI is InChI=1S/C9H20N2/c1-3-6-10-7-8(2)11-9-4-5-9/h8-11H,3-7H2,1-2H3. The Kier molecular flexibility index (Phi) is 3.87. The lowest BCUT2D eigenvalue weighted by Crippen LogP contribution is -2.37. The average Bonchev–Trinajstić information content (AvgIpc) is 2.72. The van der Waals surface area contributed by atoms with Gasteiger partial charge in [-0.1, -0.05) is 6.92 Å². The first-order valence-electron chi connectivity index (χ1n) is 4.79. The van der Waals surface area contributed by atoms with Gasteiger partial charge in [0.05, 0.1) is 0 Å². The molecule has 2 N–H and O–H groups in total. The van der Waals surface area contributed by atoms with E-state index in [1.165, 1.54) is 19.3 Å². The molecule has 1 aliphatic carbocycles. The largest absolute Gasteiger partial charge is 0.315 e. The first kappa shape index (κ1) is 9.01. The van der Waals surface area contributed by atoms with Crippen LogP contribution in [0.15, 0.2) is 0 Å². The molecule has 66 valence electrons. The average molecular weight is 156 g/mol. The second kappa shape index (κ2) is 4.73. The number of hydrogen-bond donors (Lipinski definition) is 2. The molecule has 0 aliphatic heterocycles. The van der Waals surface area contributed by atoms with E-state index in [1.807, 2.05) is 0 Å². The van der Waals surface area contributed by atoms with Crippen molar-refractivity contribution in [2.45, 2.75) is 45.2 Å². The van der Waals surface area contributed by atoms with Crippen LogP contribution >= 0.6 is 0 Å². The molecule has 2 nitrogen and oxygen atoms in total. The molecule has 0 aromatic rings. The second-order valence-corrected chi connectivity index (χ2v) is 3.55. The smallest absolute Gasteiger partial charge is 0.0166 e. The predicted molar refractivity (Wildman–Crippen MR) is 48.8 cm³/mol. The molecule has 11 heavy (non-hydrogen) atoms. The topological polar surface area (TPSA) is 24.1 Å². The van der Waals surface area contributed by atoms with Crippen molar-refractivity contribution < 1.29 is 0 Å². The highest BCUT2D eigenvalue weighted by molar-refractivity contribution is 4.83. The van der Waals surface area contributed by atoms with Crippen LogP contribution in [-0.4, -0.2) is 25.2 Å². The Balaban J connectivity index is 1.87. The molecule has 0 bridgehead atoms. The minimum atomic E-state index is 0.647. The van der Waals surface area contributed by atoms with E-state index in [2.05, 4.69) is 24.5 Å². The lowest BCUT2D eigenvalue weighted by atomic mass is 10.3. The summed E-state index contributed by atoms with van der Waals surface area (Å²) in [5.74, 6) is 0. The van der Waals surface area contributed by atoms with Gasteiger partial charge in [-0.3, -0.25) is 0 Å². The summed E-state index contributed by atoms with van der Waals surface area (Å²) in [6, 6.07) is 1.49. The summed E-state index contributed by atoms with van der Waals surface area (Å²) in [6.07, 6.45) is 4.01. The van der Waals surface area contributed by atoms with Crippen LogP contribution in [0.3, 0.4) is 0 Å². The lowest BCUT2D eigenvalue weighted by Gasteiger charge is -2.13. The molecule has 0 saturated heterocycles. The summed E-state index contributed by atoms with van der Waals surface area (Å²) >= 11 is 0. The molecule has 0 amide bonds.